The second-order valence-electron chi connectivity index (χ2n) is 4.65. The van der Waals surface area contributed by atoms with Crippen molar-refractivity contribution in [3.8, 4) is 0 Å². The van der Waals surface area contributed by atoms with Gasteiger partial charge in [-0.2, -0.15) is 0 Å². The predicted octanol–water partition coefficient (Wildman–Crippen LogP) is 2.17. The Kier molecular flexibility index (Phi) is 4.61. The van der Waals surface area contributed by atoms with E-state index in [-0.39, 0.29) is 11.8 Å². The molecule has 2 rings (SSSR count). The van der Waals surface area contributed by atoms with Crippen molar-refractivity contribution < 1.29 is 4.79 Å². The normalized spacial score (nSPS) is 21.7. The first-order chi connectivity index (χ1) is 8.72. The van der Waals surface area contributed by atoms with E-state index < -0.39 is 0 Å². The molecule has 0 saturated heterocycles. The van der Waals surface area contributed by atoms with Crippen molar-refractivity contribution in [1.82, 2.24) is 10.6 Å². The number of amides is 1. The summed E-state index contributed by atoms with van der Waals surface area (Å²) in [5.41, 5.74) is 1.18. The molecule has 1 fully saturated rings. The molecule has 1 amide bonds. The van der Waals surface area contributed by atoms with Gasteiger partial charge in [-0.05, 0) is 36.6 Å². The van der Waals surface area contributed by atoms with Gasteiger partial charge in [0, 0.05) is 24.0 Å². The monoisotopic (exact) mass is 266 g/mol. The number of carbonyl (C=O) groups excluding carboxylic acids is 1. The van der Waals surface area contributed by atoms with E-state index >= 15 is 0 Å². The van der Waals surface area contributed by atoms with E-state index in [1.807, 2.05) is 24.3 Å². The van der Waals surface area contributed by atoms with Gasteiger partial charge in [-0.25, -0.2) is 0 Å². The third-order valence-corrected chi connectivity index (χ3v) is 3.49. The van der Waals surface area contributed by atoms with Crippen molar-refractivity contribution in [3.05, 3.63) is 34.9 Å². The number of halogens is 1. The average molecular weight is 267 g/mol. The van der Waals surface area contributed by atoms with Gasteiger partial charge in [-0.15, -0.1) is 0 Å². The highest BCUT2D eigenvalue weighted by Crippen LogP contribution is 2.47. The third kappa shape index (κ3) is 3.47. The van der Waals surface area contributed by atoms with Crippen LogP contribution in [0.15, 0.2) is 24.3 Å². The largest absolute Gasteiger partial charge is 0.355 e. The van der Waals surface area contributed by atoms with Gasteiger partial charge in [0.25, 0.3) is 0 Å². The van der Waals surface area contributed by atoms with E-state index in [0.717, 1.165) is 24.5 Å². The van der Waals surface area contributed by atoms with Crippen molar-refractivity contribution in [2.75, 3.05) is 19.6 Å². The van der Waals surface area contributed by atoms with Crippen LogP contribution in [0, 0.1) is 5.92 Å². The summed E-state index contributed by atoms with van der Waals surface area (Å²) in [5, 5.41) is 6.88. The molecule has 1 aromatic rings. The Hall–Kier alpha value is -1.06. The van der Waals surface area contributed by atoms with Crippen LogP contribution in [0.1, 0.15) is 24.8 Å². The summed E-state index contributed by atoms with van der Waals surface area (Å²) in [6.45, 7) is 4.52. The van der Waals surface area contributed by atoms with Gasteiger partial charge in [-0.3, -0.25) is 4.79 Å². The Labute approximate surface area is 113 Å². The van der Waals surface area contributed by atoms with Crippen LogP contribution in [0.25, 0.3) is 0 Å². The van der Waals surface area contributed by atoms with Gasteiger partial charge in [0.2, 0.25) is 5.91 Å². The molecule has 2 N–H and O–H groups in total. The molecule has 3 nitrogen and oxygen atoms in total. The number of rotatable bonds is 6. The smallest absolute Gasteiger partial charge is 0.223 e. The Morgan fingerprint density at radius 2 is 2.28 bits per heavy atom. The first-order valence-corrected chi connectivity index (χ1v) is 6.84. The second kappa shape index (κ2) is 6.21. The van der Waals surface area contributed by atoms with Crippen LogP contribution in [0.2, 0.25) is 5.02 Å². The van der Waals surface area contributed by atoms with Crippen LogP contribution >= 0.6 is 11.6 Å². The molecule has 1 aliphatic rings. The van der Waals surface area contributed by atoms with Crippen LogP contribution in [-0.4, -0.2) is 25.5 Å². The van der Waals surface area contributed by atoms with E-state index in [4.69, 9.17) is 11.6 Å². The summed E-state index contributed by atoms with van der Waals surface area (Å²) in [6, 6.07) is 7.80. The molecule has 18 heavy (non-hydrogen) atoms. The predicted molar refractivity (Wildman–Crippen MR) is 73.9 cm³/mol. The van der Waals surface area contributed by atoms with E-state index in [1.54, 1.807) is 0 Å². The molecule has 0 radical (unpaired) electrons. The van der Waals surface area contributed by atoms with Gasteiger partial charge < -0.3 is 10.6 Å². The van der Waals surface area contributed by atoms with Crippen LogP contribution in [0.5, 0.6) is 0 Å². The van der Waals surface area contributed by atoms with Crippen molar-refractivity contribution in [3.63, 3.8) is 0 Å². The highest BCUT2D eigenvalue weighted by Gasteiger charge is 2.43. The molecule has 0 bridgehead atoms. The summed E-state index contributed by atoms with van der Waals surface area (Å²) in [4.78, 5) is 11.9. The molecule has 0 aromatic heterocycles. The topological polar surface area (TPSA) is 41.1 Å². The summed E-state index contributed by atoms with van der Waals surface area (Å²) in [7, 11) is 0. The first-order valence-electron chi connectivity index (χ1n) is 6.46. The van der Waals surface area contributed by atoms with Gasteiger partial charge in [0.1, 0.15) is 0 Å². The molecule has 2 unspecified atom stereocenters. The molecular formula is C14H19ClN2O. The maximum absolute atomic E-state index is 11.9. The molecule has 1 aliphatic carbocycles. The van der Waals surface area contributed by atoms with Crippen LogP contribution in [0.3, 0.4) is 0 Å². The summed E-state index contributed by atoms with van der Waals surface area (Å²) in [5.74, 6) is 0.644. The summed E-state index contributed by atoms with van der Waals surface area (Å²) < 4.78 is 0. The fraction of sp³-hybridized carbons (Fsp3) is 0.500. The minimum atomic E-state index is 0.130. The zero-order valence-corrected chi connectivity index (χ0v) is 11.3. The minimum absolute atomic E-state index is 0.130. The van der Waals surface area contributed by atoms with Gasteiger partial charge in [-0.1, -0.05) is 30.7 Å². The highest BCUT2D eigenvalue weighted by atomic mass is 35.5. The lowest BCUT2D eigenvalue weighted by Gasteiger charge is -2.05. The average Bonchev–Trinajstić information content (AvgIpc) is 3.15. The van der Waals surface area contributed by atoms with Crippen molar-refractivity contribution in [2.24, 2.45) is 5.92 Å². The van der Waals surface area contributed by atoms with Crippen LogP contribution < -0.4 is 10.6 Å². The fourth-order valence-corrected chi connectivity index (χ4v) is 2.37. The maximum atomic E-state index is 11.9. The molecule has 0 heterocycles. The summed E-state index contributed by atoms with van der Waals surface area (Å²) >= 11 is 5.95. The third-order valence-electron chi connectivity index (χ3n) is 3.26. The van der Waals surface area contributed by atoms with Gasteiger partial charge in [0.05, 0.1) is 0 Å². The van der Waals surface area contributed by atoms with Gasteiger partial charge >= 0.3 is 0 Å². The van der Waals surface area contributed by atoms with E-state index in [2.05, 4.69) is 17.6 Å². The molecule has 1 aromatic carbocycles. The zero-order valence-electron chi connectivity index (χ0n) is 10.6. The minimum Gasteiger partial charge on any atom is -0.355 e. The number of hydrogen-bond acceptors (Lipinski definition) is 2. The number of carbonyl (C=O) groups is 1. The lowest BCUT2D eigenvalue weighted by Crippen LogP contribution is -2.32. The first kappa shape index (κ1) is 13.4. The van der Waals surface area contributed by atoms with E-state index in [0.29, 0.717) is 12.5 Å². The highest BCUT2D eigenvalue weighted by molar-refractivity contribution is 6.30. The quantitative estimate of drug-likeness (QED) is 0.775. The number of benzene rings is 1. The molecular weight excluding hydrogens is 248 g/mol. The zero-order chi connectivity index (χ0) is 13.0. The molecule has 98 valence electrons. The standard InChI is InChI=1S/C14H19ClN2O/c1-2-16-6-7-17-14(18)13-9-12(13)10-4-3-5-11(15)8-10/h3-5,8,12-13,16H,2,6-7,9H2,1H3,(H,17,18). The van der Waals surface area contributed by atoms with Crippen LogP contribution in [-0.2, 0) is 4.79 Å². The van der Waals surface area contributed by atoms with Gasteiger partial charge in [0.15, 0.2) is 0 Å². The maximum Gasteiger partial charge on any atom is 0.223 e. The fourth-order valence-electron chi connectivity index (χ4n) is 2.17. The van der Waals surface area contributed by atoms with Crippen molar-refractivity contribution in [1.29, 1.82) is 0 Å². The van der Waals surface area contributed by atoms with Crippen molar-refractivity contribution >= 4 is 17.5 Å². The molecule has 4 heteroatoms. The number of likely N-dealkylation sites (N-methyl/N-ethyl adjacent to an activating group) is 1. The molecule has 1 saturated carbocycles. The van der Waals surface area contributed by atoms with E-state index in [9.17, 15) is 4.79 Å². The number of nitrogens with one attached hydrogen (secondary N) is 2. The van der Waals surface area contributed by atoms with Crippen LogP contribution in [0.4, 0.5) is 0 Å². The Morgan fingerprint density at radius 1 is 1.44 bits per heavy atom. The second-order valence-corrected chi connectivity index (χ2v) is 5.08. The SMILES string of the molecule is CCNCCNC(=O)C1CC1c1cccc(Cl)c1. The Balaban J connectivity index is 1.78. The van der Waals surface area contributed by atoms with Crippen molar-refractivity contribution in [2.45, 2.75) is 19.3 Å². The molecule has 0 spiro atoms. The Morgan fingerprint density at radius 3 is 3.00 bits per heavy atom. The molecule has 2 atom stereocenters. The summed E-state index contributed by atoms with van der Waals surface area (Å²) in [6.07, 6.45) is 0.938. The lowest BCUT2D eigenvalue weighted by atomic mass is 10.1. The molecule has 0 aliphatic heterocycles. The van der Waals surface area contributed by atoms with E-state index in [1.165, 1.54) is 5.56 Å². The lowest BCUT2D eigenvalue weighted by molar-refractivity contribution is -0.122. The Bertz CT molecular complexity index is 422. The number of hydrogen-bond donors (Lipinski definition) is 2.